The lowest BCUT2D eigenvalue weighted by Gasteiger charge is -2.39. The van der Waals surface area contributed by atoms with Crippen LogP contribution >= 0.6 is 0 Å². The maximum absolute atomic E-state index is 13.7. The van der Waals surface area contributed by atoms with Gasteiger partial charge in [-0.15, -0.1) is 0 Å². The minimum atomic E-state index is -0.162. The molecule has 0 radical (unpaired) electrons. The molecule has 1 fully saturated rings. The highest BCUT2D eigenvalue weighted by molar-refractivity contribution is 5.95. The van der Waals surface area contributed by atoms with E-state index < -0.39 is 0 Å². The Morgan fingerprint density at radius 2 is 1.94 bits per heavy atom. The van der Waals surface area contributed by atoms with Crippen molar-refractivity contribution < 1.29 is 19.4 Å². The van der Waals surface area contributed by atoms with Crippen molar-refractivity contribution >= 4 is 11.6 Å². The maximum Gasteiger partial charge on any atom is 0.254 e. The Bertz CT molecular complexity index is 1330. The molecule has 0 aliphatic carbocycles. The highest BCUT2D eigenvalue weighted by Crippen LogP contribution is 2.48. The normalized spacial score (nSPS) is 21.9. The van der Waals surface area contributed by atoms with Crippen LogP contribution in [-0.4, -0.2) is 41.9 Å². The van der Waals surface area contributed by atoms with Gasteiger partial charge in [-0.3, -0.25) is 4.79 Å². The summed E-state index contributed by atoms with van der Waals surface area (Å²) in [4.78, 5) is 15.6. The summed E-state index contributed by atoms with van der Waals surface area (Å²) >= 11 is 0. The van der Waals surface area contributed by atoms with Crippen LogP contribution in [0.25, 0.3) is 11.1 Å². The number of carbonyl (C=O) groups is 1. The zero-order chi connectivity index (χ0) is 23.2. The van der Waals surface area contributed by atoms with Gasteiger partial charge in [0.25, 0.3) is 5.91 Å². The van der Waals surface area contributed by atoms with E-state index in [1.165, 1.54) is 0 Å². The van der Waals surface area contributed by atoms with E-state index in [9.17, 15) is 15.2 Å². The van der Waals surface area contributed by atoms with Crippen LogP contribution in [-0.2, 0) is 0 Å². The number of nitrogens with one attached hydrogen (secondary N) is 1. The molecule has 1 saturated heterocycles. The van der Waals surface area contributed by atoms with E-state index in [0.717, 1.165) is 28.8 Å². The van der Waals surface area contributed by atoms with Gasteiger partial charge in [0.05, 0.1) is 30.3 Å². The first kappa shape index (κ1) is 20.6. The molecule has 3 heterocycles. The molecule has 34 heavy (non-hydrogen) atoms. The van der Waals surface area contributed by atoms with Crippen molar-refractivity contribution in [1.29, 1.82) is 5.26 Å². The highest BCUT2D eigenvalue weighted by Gasteiger charge is 2.46. The summed E-state index contributed by atoms with van der Waals surface area (Å²) in [5.74, 6) is 1.26. The summed E-state index contributed by atoms with van der Waals surface area (Å²) in [5.41, 5.74) is 5.05. The molecular formula is C27H23N3O4. The third kappa shape index (κ3) is 3.27. The molecule has 6 rings (SSSR count). The molecular weight excluding hydrogens is 430 g/mol. The molecule has 3 aliphatic rings. The second-order valence-electron chi connectivity index (χ2n) is 8.89. The van der Waals surface area contributed by atoms with E-state index in [-0.39, 0.29) is 37.3 Å². The van der Waals surface area contributed by atoms with E-state index >= 15 is 0 Å². The minimum absolute atomic E-state index is 0.00136. The maximum atomic E-state index is 13.7. The van der Waals surface area contributed by atoms with Gasteiger partial charge < -0.3 is 24.8 Å². The molecule has 7 heteroatoms. The number of aliphatic hydroxyl groups excluding tert-OH is 1. The fourth-order valence-corrected chi connectivity index (χ4v) is 5.43. The van der Waals surface area contributed by atoms with Crippen molar-refractivity contribution in [1.82, 2.24) is 4.90 Å². The molecule has 1 amide bonds. The Balaban J connectivity index is 1.40. The number of likely N-dealkylation sites (tertiary alicyclic amines) is 1. The second kappa shape index (κ2) is 8.08. The van der Waals surface area contributed by atoms with Gasteiger partial charge in [-0.25, -0.2) is 0 Å². The van der Waals surface area contributed by atoms with Gasteiger partial charge in [-0.05, 0) is 65.6 Å². The Kier molecular flexibility index (Phi) is 4.89. The van der Waals surface area contributed by atoms with Crippen LogP contribution in [0, 0.1) is 17.2 Å². The molecule has 0 spiro atoms. The van der Waals surface area contributed by atoms with E-state index in [0.29, 0.717) is 29.2 Å². The molecule has 170 valence electrons. The number of anilines is 1. The van der Waals surface area contributed by atoms with Crippen LogP contribution in [0.4, 0.5) is 5.69 Å². The first-order valence-corrected chi connectivity index (χ1v) is 11.4. The number of aliphatic hydroxyl groups is 1. The predicted molar refractivity (Wildman–Crippen MR) is 126 cm³/mol. The quantitative estimate of drug-likeness (QED) is 0.624. The monoisotopic (exact) mass is 453 g/mol. The van der Waals surface area contributed by atoms with Gasteiger partial charge in [0.1, 0.15) is 0 Å². The van der Waals surface area contributed by atoms with Crippen LogP contribution in [0.2, 0.25) is 0 Å². The average Bonchev–Trinajstić information content (AvgIpc) is 3.54. The number of ether oxygens (including phenoxy) is 2. The molecule has 3 atom stereocenters. The van der Waals surface area contributed by atoms with E-state index in [2.05, 4.69) is 17.5 Å². The third-order valence-corrected chi connectivity index (χ3v) is 7.07. The Morgan fingerprint density at radius 3 is 2.79 bits per heavy atom. The molecule has 3 aromatic rings. The van der Waals surface area contributed by atoms with E-state index in [4.69, 9.17) is 9.47 Å². The summed E-state index contributed by atoms with van der Waals surface area (Å²) < 4.78 is 10.9. The fourth-order valence-electron chi connectivity index (χ4n) is 5.43. The molecule has 0 saturated carbocycles. The van der Waals surface area contributed by atoms with E-state index in [1.807, 2.05) is 35.2 Å². The Morgan fingerprint density at radius 1 is 1.09 bits per heavy atom. The van der Waals surface area contributed by atoms with Gasteiger partial charge >= 0.3 is 0 Å². The SMILES string of the molecule is N#Cc1cccc(-c2ccc3c(c2)[C@H]2[C@H](CCN2C(=O)c2ccc4c(c2)OCO4)[C@H](CO)N3)c1. The summed E-state index contributed by atoms with van der Waals surface area (Å²) in [6.07, 6.45) is 0.798. The Labute approximate surface area is 197 Å². The zero-order valence-corrected chi connectivity index (χ0v) is 18.4. The van der Waals surface area contributed by atoms with Crippen LogP contribution < -0.4 is 14.8 Å². The number of nitrogens with zero attached hydrogens (tertiary/aromatic N) is 2. The fraction of sp³-hybridized carbons (Fsp3) is 0.259. The van der Waals surface area contributed by atoms with Crippen molar-refractivity contribution in [2.75, 3.05) is 25.3 Å². The van der Waals surface area contributed by atoms with Crippen LogP contribution in [0.15, 0.2) is 60.7 Å². The lowest BCUT2D eigenvalue weighted by Crippen LogP contribution is -2.42. The third-order valence-electron chi connectivity index (χ3n) is 7.07. The first-order valence-electron chi connectivity index (χ1n) is 11.4. The summed E-state index contributed by atoms with van der Waals surface area (Å²) in [6, 6.07) is 20.8. The number of hydrogen-bond donors (Lipinski definition) is 2. The lowest BCUT2D eigenvalue weighted by atomic mass is 9.82. The van der Waals surface area contributed by atoms with Crippen LogP contribution in [0.3, 0.4) is 0 Å². The number of rotatable bonds is 3. The lowest BCUT2D eigenvalue weighted by molar-refractivity contribution is 0.0700. The van der Waals surface area contributed by atoms with Crippen LogP contribution in [0.1, 0.15) is 33.9 Å². The predicted octanol–water partition coefficient (Wildman–Crippen LogP) is 3.94. The summed E-state index contributed by atoms with van der Waals surface area (Å²) in [7, 11) is 0. The molecule has 0 unspecified atom stereocenters. The second-order valence-corrected chi connectivity index (χ2v) is 8.89. The number of nitriles is 1. The molecule has 3 aromatic carbocycles. The number of amides is 1. The topological polar surface area (TPSA) is 94.8 Å². The van der Waals surface area contributed by atoms with Gasteiger partial charge in [-0.2, -0.15) is 5.26 Å². The van der Waals surface area contributed by atoms with Crippen molar-refractivity contribution in [3.05, 3.63) is 77.4 Å². The van der Waals surface area contributed by atoms with Gasteiger partial charge in [-0.1, -0.05) is 18.2 Å². The molecule has 0 bridgehead atoms. The standard InChI is InChI=1S/C27H23N3O4/c28-13-16-2-1-3-17(10-16)18-4-6-22-21(11-18)26-20(23(14-31)29-22)8-9-30(26)27(32)19-5-7-24-25(12-19)34-15-33-24/h1-7,10-12,20,23,26,29,31H,8-9,14-15H2/t20-,23+,26-/m1/s1. The summed E-state index contributed by atoms with van der Waals surface area (Å²) in [5, 5.41) is 22.8. The highest BCUT2D eigenvalue weighted by atomic mass is 16.7. The average molecular weight is 453 g/mol. The summed E-state index contributed by atoms with van der Waals surface area (Å²) in [6.45, 7) is 0.765. The number of fused-ring (bicyclic) bond motifs is 4. The van der Waals surface area contributed by atoms with Crippen molar-refractivity contribution in [2.24, 2.45) is 5.92 Å². The molecule has 2 N–H and O–H groups in total. The smallest absolute Gasteiger partial charge is 0.254 e. The number of hydrogen-bond acceptors (Lipinski definition) is 6. The minimum Gasteiger partial charge on any atom is -0.454 e. The van der Waals surface area contributed by atoms with Gasteiger partial charge in [0, 0.05) is 23.7 Å². The first-order chi connectivity index (χ1) is 16.7. The number of carbonyl (C=O) groups excluding carboxylic acids is 1. The van der Waals surface area contributed by atoms with Crippen molar-refractivity contribution in [2.45, 2.75) is 18.5 Å². The van der Waals surface area contributed by atoms with E-state index in [1.54, 1.807) is 24.3 Å². The Hall–Kier alpha value is -4.02. The molecule has 0 aromatic heterocycles. The molecule has 3 aliphatic heterocycles. The molecule has 7 nitrogen and oxygen atoms in total. The zero-order valence-electron chi connectivity index (χ0n) is 18.4. The largest absolute Gasteiger partial charge is 0.454 e. The van der Waals surface area contributed by atoms with Crippen molar-refractivity contribution in [3.8, 4) is 28.7 Å². The van der Waals surface area contributed by atoms with Crippen molar-refractivity contribution in [3.63, 3.8) is 0 Å². The van der Waals surface area contributed by atoms with Gasteiger partial charge in [0.2, 0.25) is 6.79 Å². The van der Waals surface area contributed by atoms with Crippen LogP contribution in [0.5, 0.6) is 11.5 Å². The van der Waals surface area contributed by atoms with Gasteiger partial charge in [0.15, 0.2) is 11.5 Å². The number of benzene rings is 3.